The maximum Gasteiger partial charge on any atom is 0.442 e. The van der Waals surface area contributed by atoms with E-state index in [1.165, 1.54) is 0 Å². The van der Waals surface area contributed by atoms with Crippen LogP contribution in [-0.2, 0) is 15.1 Å². The van der Waals surface area contributed by atoms with Crippen molar-refractivity contribution >= 4 is 29.2 Å². The molecule has 3 rings (SSSR count). The number of carbonyl (C=O) groups excluding carboxylic acids is 2. The normalized spacial score (nSPS) is 18.6. The molecule has 0 radical (unpaired) electrons. The minimum Gasteiger partial charge on any atom is -0.430 e. The number of benzene rings is 2. The Morgan fingerprint density at radius 1 is 1.04 bits per heavy atom. The molecule has 1 atom stereocenters. The minimum atomic E-state index is -5.56. The Balaban J connectivity index is 2.15. The van der Waals surface area contributed by atoms with Crippen molar-refractivity contribution in [3.8, 4) is 0 Å². The number of ether oxygens (including phenoxy) is 1. The highest BCUT2D eigenvalue weighted by Gasteiger charge is 2.69. The lowest BCUT2D eigenvalue weighted by atomic mass is 9.94. The maximum atomic E-state index is 13.8. The molecule has 148 valence electrons. The first-order valence-corrected chi connectivity index (χ1v) is 7.52. The Morgan fingerprint density at radius 2 is 1.68 bits per heavy atom. The zero-order valence-corrected chi connectivity index (χ0v) is 13.8. The van der Waals surface area contributed by atoms with Crippen LogP contribution in [0.1, 0.15) is 15.9 Å². The number of fused-ring (bicyclic) bond motifs is 1. The molecule has 28 heavy (non-hydrogen) atoms. The van der Waals surface area contributed by atoms with Gasteiger partial charge in [-0.2, -0.15) is 13.2 Å². The molecular weight excluding hydrogens is 423 g/mol. The van der Waals surface area contributed by atoms with E-state index in [1.807, 2.05) is 5.32 Å². The summed E-state index contributed by atoms with van der Waals surface area (Å²) in [5.74, 6) is -13.2. The summed E-state index contributed by atoms with van der Waals surface area (Å²) in [6.07, 6.45) is -5.56. The fourth-order valence-corrected chi connectivity index (χ4v) is 2.79. The van der Waals surface area contributed by atoms with Crippen LogP contribution in [0.2, 0.25) is 5.02 Å². The van der Waals surface area contributed by atoms with Gasteiger partial charge in [-0.05, 0) is 18.2 Å². The van der Waals surface area contributed by atoms with Gasteiger partial charge in [0.05, 0.1) is 5.69 Å². The van der Waals surface area contributed by atoms with E-state index >= 15 is 0 Å². The molecule has 0 fully saturated rings. The first-order valence-electron chi connectivity index (χ1n) is 7.14. The van der Waals surface area contributed by atoms with Crippen molar-refractivity contribution in [2.75, 3.05) is 5.32 Å². The van der Waals surface area contributed by atoms with E-state index in [2.05, 4.69) is 4.74 Å². The Morgan fingerprint density at radius 3 is 2.29 bits per heavy atom. The van der Waals surface area contributed by atoms with Gasteiger partial charge in [0.25, 0.3) is 5.91 Å². The standard InChI is InChI=1S/C16H5ClF7NO3/c17-5-1-2-7-9(3-5)25-14(27)15(7,16(22,23)24)28-13(26)6-4-8(18)11(20)12(21)10(6)19/h1-4H,(H,25,27)/t15-/m1/s1. The van der Waals surface area contributed by atoms with Crippen molar-refractivity contribution in [3.05, 3.63) is 63.7 Å². The molecule has 1 aliphatic heterocycles. The minimum absolute atomic E-state index is 0.0583. The summed E-state index contributed by atoms with van der Waals surface area (Å²) < 4.78 is 98.9. The van der Waals surface area contributed by atoms with E-state index in [9.17, 15) is 40.3 Å². The van der Waals surface area contributed by atoms with Gasteiger partial charge in [-0.25, -0.2) is 22.4 Å². The quantitative estimate of drug-likeness (QED) is 0.333. The predicted octanol–water partition coefficient (Wildman–Crippen LogP) is 4.46. The van der Waals surface area contributed by atoms with Gasteiger partial charge in [0, 0.05) is 10.6 Å². The molecule has 1 N–H and O–H groups in total. The molecule has 0 spiro atoms. The van der Waals surface area contributed by atoms with E-state index in [-0.39, 0.29) is 11.1 Å². The van der Waals surface area contributed by atoms with Gasteiger partial charge >= 0.3 is 17.7 Å². The van der Waals surface area contributed by atoms with Crippen LogP contribution in [0.25, 0.3) is 0 Å². The molecule has 2 aromatic rings. The predicted molar refractivity (Wildman–Crippen MR) is 79.5 cm³/mol. The number of carbonyl (C=O) groups is 2. The average molecular weight is 428 g/mol. The summed E-state index contributed by atoms with van der Waals surface area (Å²) in [7, 11) is 0. The van der Waals surface area contributed by atoms with Gasteiger partial charge in [-0.15, -0.1) is 0 Å². The number of hydrogen-bond acceptors (Lipinski definition) is 3. The lowest BCUT2D eigenvalue weighted by molar-refractivity contribution is -0.251. The number of halogens is 8. The van der Waals surface area contributed by atoms with Crippen molar-refractivity contribution in [1.82, 2.24) is 0 Å². The van der Waals surface area contributed by atoms with E-state index in [0.29, 0.717) is 0 Å². The van der Waals surface area contributed by atoms with Gasteiger partial charge in [0.15, 0.2) is 23.3 Å². The van der Waals surface area contributed by atoms with Crippen molar-refractivity contribution in [2.45, 2.75) is 11.8 Å². The zero-order valence-electron chi connectivity index (χ0n) is 13.1. The van der Waals surface area contributed by atoms with E-state index in [1.54, 1.807) is 0 Å². The molecule has 0 unspecified atom stereocenters. The SMILES string of the molecule is O=C(O[C@@]1(C(F)(F)F)C(=O)Nc2cc(Cl)ccc21)c1cc(F)c(F)c(F)c1F. The van der Waals surface area contributed by atoms with Crippen LogP contribution in [0, 0.1) is 23.3 Å². The first-order chi connectivity index (χ1) is 12.9. The second-order valence-corrected chi connectivity index (χ2v) is 6.00. The molecule has 1 amide bonds. The lowest BCUT2D eigenvalue weighted by Crippen LogP contribution is -2.51. The topological polar surface area (TPSA) is 55.4 Å². The molecule has 2 aromatic carbocycles. The molecule has 1 aliphatic rings. The van der Waals surface area contributed by atoms with Crippen LogP contribution in [0.5, 0.6) is 0 Å². The third-order valence-electron chi connectivity index (χ3n) is 3.90. The fraction of sp³-hybridized carbons (Fsp3) is 0.125. The van der Waals surface area contributed by atoms with Gasteiger partial charge < -0.3 is 10.1 Å². The van der Waals surface area contributed by atoms with E-state index in [4.69, 9.17) is 11.6 Å². The molecule has 0 saturated heterocycles. The summed E-state index contributed by atoms with van der Waals surface area (Å²) in [6.45, 7) is 0. The summed E-state index contributed by atoms with van der Waals surface area (Å²) in [5, 5.41) is 1.76. The van der Waals surface area contributed by atoms with Gasteiger partial charge in [-0.1, -0.05) is 17.7 Å². The summed E-state index contributed by atoms with van der Waals surface area (Å²) >= 11 is 5.64. The van der Waals surface area contributed by atoms with Crippen molar-refractivity contribution in [3.63, 3.8) is 0 Å². The van der Waals surface area contributed by atoms with Crippen LogP contribution in [-0.4, -0.2) is 18.1 Å². The fourth-order valence-electron chi connectivity index (χ4n) is 2.62. The number of rotatable bonds is 2. The molecule has 0 bridgehead atoms. The summed E-state index contributed by atoms with van der Waals surface area (Å²) in [5.41, 5.74) is -6.95. The monoisotopic (exact) mass is 427 g/mol. The number of esters is 1. The molecule has 0 aromatic heterocycles. The second kappa shape index (κ2) is 6.36. The molecule has 12 heteroatoms. The van der Waals surface area contributed by atoms with Gasteiger partial charge in [0.2, 0.25) is 0 Å². The van der Waals surface area contributed by atoms with Crippen molar-refractivity contribution in [2.24, 2.45) is 0 Å². The van der Waals surface area contributed by atoms with Crippen LogP contribution in [0.3, 0.4) is 0 Å². The Kier molecular flexibility index (Phi) is 4.53. The molecule has 0 saturated carbocycles. The van der Waals surface area contributed by atoms with Crippen LogP contribution in [0.4, 0.5) is 36.4 Å². The largest absolute Gasteiger partial charge is 0.442 e. The van der Waals surface area contributed by atoms with Crippen LogP contribution >= 0.6 is 11.6 Å². The Bertz CT molecular complexity index is 1020. The number of amides is 1. The molecule has 0 aliphatic carbocycles. The van der Waals surface area contributed by atoms with Crippen molar-refractivity contribution in [1.29, 1.82) is 0 Å². The third-order valence-corrected chi connectivity index (χ3v) is 4.13. The number of hydrogen-bond donors (Lipinski definition) is 1. The molecule has 4 nitrogen and oxygen atoms in total. The number of anilines is 1. The number of nitrogens with one attached hydrogen (secondary N) is 1. The third kappa shape index (κ3) is 2.77. The molecular formula is C16H5ClF7NO3. The lowest BCUT2D eigenvalue weighted by Gasteiger charge is -2.29. The number of alkyl halides is 3. The second-order valence-electron chi connectivity index (χ2n) is 5.56. The van der Waals surface area contributed by atoms with E-state index in [0.717, 1.165) is 18.2 Å². The Labute approximate surface area is 155 Å². The van der Waals surface area contributed by atoms with Crippen LogP contribution < -0.4 is 5.32 Å². The van der Waals surface area contributed by atoms with E-state index < -0.39 is 63.7 Å². The highest BCUT2D eigenvalue weighted by atomic mass is 35.5. The Hall–Kier alpha value is -2.82. The highest BCUT2D eigenvalue weighted by molar-refractivity contribution is 6.31. The smallest absolute Gasteiger partial charge is 0.430 e. The average Bonchev–Trinajstić information content (AvgIpc) is 2.87. The van der Waals surface area contributed by atoms with Gasteiger partial charge in [0.1, 0.15) is 5.56 Å². The van der Waals surface area contributed by atoms with Crippen molar-refractivity contribution < 1.29 is 45.1 Å². The summed E-state index contributed by atoms with van der Waals surface area (Å²) in [6, 6.07) is 2.45. The molecule has 1 heterocycles. The maximum absolute atomic E-state index is 13.8. The zero-order chi connectivity index (χ0) is 21.0. The summed E-state index contributed by atoms with van der Waals surface area (Å²) in [4.78, 5) is 24.2. The van der Waals surface area contributed by atoms with Gasteiger partial charge in [-0.3, -0.25) is 4.79 Å². The highest BCUT2D eigenvalue weighted by Crippen LogP contribution is 2.50. The first kappa shape index (κ1) is 19.9. The van der Waals surface area contributed by atoms with Crippen LogP contribution in [0.15, 0.2) is 24.3 Å².